The number of carboxylic acid groups (broad SMARTS) is 1. The molecule has 0 aromatic rings. The van der Waals surface area contributed by atoms with Crippen molar-refractivity contribution in [1.82, 2.24) is 0 Å². The summed E-state index contributed by atoms with van der Waals surface area (Å²) in [5, 5.41) is 7.49. The molecule has 20 valence electrons. The van der Waals surface area contributed by atoms with Crippen LogP contribution in [0.15, 0.2) is 0 Å². The monoisotopic (exact) mass is 184 g/mol. The maximum atomic E-state index is 9.07. The van der Waals surface area contributed by atoms with Crippen LogP contribution in [0, 0.1) is 33.7 Å². The Kier molecular flexibility index (Phi) is 2.26. The fourth-order valence-corrected chi connectivity index (χ4v) is 0. The molecule has 0 aromatic carbocycles. The van der Waals surface area contributed by atoms with Gasteiger partial charge in [0.25, 0.3) is 0 Å². The molecule has 0 saturated carbocycles. The van der Waals surface area contributed by atoms with E-state index in [0.29, 0.717) is 0 Å². The molecule has 0 amide bonds. The minimum atomic E-state index is -0.667. The van der Waals surface area contributed by atoms with Gasteiger partial charge in [-0.1, -0.05) is 0 Å². The minimum absolute atomic E-state index is 0.102. The van der Waals surface area contributed by atoms with Crippen LogP contribution >= 0.6 is 0 Å². The van der Waals surface area contributed by atoms with Gasteiger partial charge in [-0.05, 0) is 0 Å². The summed E-state index contributed by atoms with van der Waals surface area (Å²) < 4.78 is -0.667. The van der Waals surface area contributed by atoms with Crippen LogP contribution < -0.4 is 0 Å². The molecule has 0 atom stereocenters. The van der Waals surface area contributed by atoms with Crippen LogP contribution in [0.1, 0.15) is 0 Å². The molecule has 0 heterocycles. The van der Waals surface area contributed by atoms with Crippen LogP contribution in [0.25, 0.3) is 0 Å². The van der Waals surface area contributed by atoms with Gasteiger partial charge in [0.2, 0.25) is 0 Å². The Labute approximate surface area is 45.8 Å². The normalized spacial score (nSPS) is 5.75. The second kappa shape index (κ2) is 1.94. The quantitative estimate of drug-likeness (QED) is 0.584. The van der Waals surface area contributed by atoms with Gasteiger partial charge in [0.05, 0.1) is 0 Å². The first-order chi connectivity index (χ1) is 1.73. The Morgan fingerprint density at radius 2 is 2.00 bits per heavy atom. The second-order valence-corrected chi connectivity index (χ2v) is 1.89. The zero-order valence-corrected chi connectivity index (χ0v) is 5.56. The molecule has 3 heteroatoms. The van der Waals surface area contributed by atoms with Gasteiger partial charge in [0, 0.05) is 0 Å². The van der Waals surface area contributed by atoms with E-state index >= 15 is 0 Å². The molecule has 0 aliphatic heterocycles. The third kappa shape index (κ3) is 16.7. The van der Waals surface area contributed by atoms with Crippen LogP contribution in [0.5, 0.6) is 0 Å². The molecule has 2 nitrogen and oxygen atoms in total. The molecule has 0 aromatic heterocycles. The Bertz CT molecular complexity index is 29.0. The van der Waals surface area contributed by atoms with Gasteiger partial charge in [-0.15, -0.1) is 0 Å². The topological polar surface area (TPSA) is 37.3 Å². The van der Waals surface area contributed by atoms with Crippen LogP contribution in [-0.2, 0) is 0 Å². The van der Waals surface area contributed by atoms with Gasteiger partial charge in [-0.2, -0.15) is 0 Å². The van der Waals surface area contributed by atoms with Gasteiger partial charge >= 0.3 is 46.0 Å². The molecule has 0 aliphatic rings. The van der Waals surface area contributed by atoms with E-state index in [2.05, 4.69) is 0 Å². The summed E-state index contributed by atoms with van der Waals surface area (Å²) in [4.78, 5) is 9.07. The van der Waals surface area contributed by atoms with Gasteiger partial charge in [0.1, 0.15) is 0 Å². The van der Waals surface area contributed by atoms with E-state index in [1.165, 1.54) is 0 Å². The SMILES string of the molecule is O=[C](O)[La]. The number of hydrogen-bond donors (Lipinski definition) is 1. The molecule has 4 heavy (non-hydrogen) atoms. The van der Waals surface area contributed by atoms with Gasteiger partial charge in [-0.25, -0.2) is 0 Å². The average molecular weight is 184 g/mol. The van der Waals surface area contributed by atoms with Crippen LogP contribution in [0.2, 0.25) is 0 Å². The first kappa shape index (κ1) is 4.66. The molecular weight excluding hydrogens is 183 g/mol. The third-order valence-electron chi connectivity index (χ3n) is 0. The summed E-state index contributed by atoms with van der Waals surface area (Å²) in [6.07, 6.45) is 0. The first-order valence-corrected chi connectivity index (χ1v) is 2.53. The van der Waals surface area contributed by atoms with E-state index in [1.54, 1.807) is 0 Å². The molecule has 0 fully saturated rings. The zero-order chi connectivity index (χ0) is 3.58. The summed E-state index contributed by atoms with van der Waals surface area (Å²) >= 11 is 0.102. The second-order valence-electron chi connectivity index (χ2n) is 0.338. The van der Waals surface area contributed by atoms with Crippen LogP contribution in [0.3, 0.4) is 0 Å². The van der Waals surface area contributed by atoms with Crippen molar-refractivity contribution in [2.24, 2.45) is 0 Å². The molecule has 0 unspecified atom stereocenters. The molecule has 0 spiro atoms. The van der Waals surface area contributed by atoms with E-state index in [0.717, 1.165) is 0 Å². The van der Waals surface area contributed by atoms with E-state index in [1.807, 2.05) is 0 Å². The fraction of sp³-hybridized carbons (Fsp3) is 0. The van der Waals surface area contributed by atoms with Crippen molar-refractivity contribution in [3.8, 4) is 0 Å². The summed E-state index contributed by atoms with van der Waals surface area (Å²) in [5.74, 6) is 0. The number of rotatable bonds is 0. The van der Waals surface area contributed by atoms with Crippen molar-refractivity contribution in [2.75, 3.05) is 0 Å². The van der Waals surface area contributed by atoms with E-state index in [-0.39, 0.29) is 33.7 Å². The van der Waals surface area contributed by atoms with Crippen molar-refractivity contribution in [3.05, 3.63) is 0 Å². The Morgan fingerprint density at radius 1 is 2.00 bits per heavy atom. The fourth-order valence-electron chi connectivity index (χ4n) is 0. The first-order valence-electron chi connectivity index (χ1n) is 0.716. The maximum absolute atomic E-state index is 9.07. The summed E-state index contributed by atoms with van der Waals surface area (Å²) in [7, 11) is 0. The van der Waals surface area contributed by atoms with Crippen molar-refractivity contribution >= 4 is 2.37 Å². The molecule has 0 rings (SSSR count). The molecule has 0 aliphatic carbocycles. The van der Waals surface area contributed by atoms with E-state index in [4.69, 9.17) is 9.90 Å². The predicted octanol–water partition coefficient (Wildman–Crippen LogP) is 0.214. The van der Waals surface area contributed by atoms with Crippen molar-refractivity contribution in [1.29, 1.82) is 0 Å². The standard InChI is InChI=1S/CHO2.La/c2-1-3;/h(H,2,3);. The Balaban J connectivity index is 2.80. The predicted molar refractivity (Wildman–Crippen MR) is 8.02 cm³/mol. The van der Waals surface area contributed by atoms with Crippen LogP contribution in [-0.4, -0.2) is 7.48 Å². The summed E-state index contributed by atoms with van der Waals surface area (Å²) in [6, 6.07) is 0. The Morgan fingerprint density at radius 3 is 2.00 bits per heavy atom. The summed E-state index contributed by atoms with van der Waals surface area (Å²) in [5.41, 5.74) is 0. The zero-order valence-electron chi connectivity index (χ0n) is 1.93. The van der Waals surface area contributed by atoms with Crippen molar-refractivity contribution < 1.29 is 43.6 Å². The van der Waals surface area contributed by atoms with Crippen molar-refractivity contribution in [2.45, 2.75) is 0 Å². The Hall–Kier alpha value is 0.665. The molecule has 0 radical (unpaired) electrons. The molecule has 1 N–H and O–H groups in total. The van der Waals surface area contributed by atoms with Gasteiger partial charge in [-0.3, -0.25) is 0 Å². The molecular formula is CHLaO2. The van der Waals surface area contributed by atoms with Gasteiger partial charge in [0.15, 0.2) is 0 Å². The van der Waals surface area contributed by atoms with Crippen molar-refractivity contribution in [3.63, 3.8) is 0 Å². The van der Waals surface area contributed by atoms with Crippen LogP contribution in [0.4, 0.5) is 4.79 Å². The van der Waals surface area contributed by atoms with Gasteiger partial charge < -0.3 is 0 Å². The van der Waals surface area contributed by atoms with E-state index < -0.39 is 2.37 Å². The summed E-state index contributed by atoms with van der Waals surface area (Å²) in [6.45, 7) is 0. The number of carbonyl (C=O) groups is 1. The molecule has 0 saturated heterocycles. The van der Waals surface area contributed by atoms with E-state index in [9.17, 15) is 0 Å². The average Bonchev–Trinajstić information content (AvgIpc) is 0.811. The third-order valence-corrected chi connectivity index (χ3v) is 0. The molecule has 0 bridgehead atoms. The number of hydrogen-bond acceptors (Lipinski definition) is 1.